The molecule has 1 unspecified atom stereocenters. The highest BCUT2D eigenvalue weighted by atomic mass is 35.5. The van der Waals surface area contributed by atoms with Crippen molar-refractivity contribution in [2.45, 2.75) is 52.6 Å². The van der Waals surface area contributed by atoms with Gasteiger partial charge in [0.25, 0.3) is 0 Å². The summed E-state index contributed by atoms with van der Waals surface area (Å²) < 4.78 is 0. The molecular weight excluding hydrogens is 258 g/mol. The molecule has 0 aliphatic heterocycles. The smallest absolute Gasteiger partial charge is 0.128 e. The number of pyridine rings is 1. The van der Waals surface area contributed by atoms with E-state index in [-0.39, 0.29) is 0 Å². The van der Waals surface area contributed by atoms with Crippen molar-refractivity contribution >= 4 is 17.4 Å². The molecule has 1 aromatic rings. The van der Waals surface area contributed by atoms with E-state index < -0.39 is 0 Å². The van der Waals surface area contributed by atoms with E-state index in [1.165, 1.54) is 12.8 Å². The van der Waals surface area contributed by atoms with Crippen LogP contribution in [0, 0.1) is 0 Å². The van der Waals surface area contributed by atoms with Gasteiger partial charge in [-0.1, -0.05) is 31.9 Å². The fourth-order valence-electron chi connectivity index (χ4n) is 2.01. The zero-order valence-electron chi connectivity index (χ0n) is 12.5. The van der Waals surface area contributed by atoms with Crippen LogP contribution in [0.3, 0.4) is 0 Å². The van der Waals surface area contributed by atoms with Gasteiger partial charge in [0.2, 0.25) is 0 Å². The lowest BCUT2D eigenvalue weighted by Gasteiger charge is -2.26. The van der Waals surface area contributed by atoms with E-state index in [0.29, 0.717) is 6.04 Å². The molecule has 0 saturated heterocycles. The molecule has 1 N–H and O–H groups in total. The number of halogens is 1. The molecule has 0 aromatic carbocycles. The molecule has 0 aliphatic carbocycles. The molecule has 0 bridgehead atoms. The van der Waals surface area contributed by atoms with Crippen LogP contribution in [0.2, 0.25) is 5.02 Å². The summed E-state index contributed by atoms with van der Waals surface area (Å²) in [4.78, 5) is 6.90. The minimum absolute atomic E-state index is 0.495. The third-order valence-electron chi connectivity index (χ3n) is 3.35. The normalized spacial score (nSPS) is 12.5. The van der Waals surface area contributed by atoms with E-state index in [2.05, 4.69) is 43.0 Å². The van der Waals surface area contributed by atoms with Gasteiger partial charge in [-0.05, 0) is 38.4 Å². The summed E-state index contributed by atoms with van der Waals surface area (Å²) in [5, 5.41) is 4.09. The molecular formula is C15H26ClN3. The molecule has 3 nitrogen and oxygen atoms in total. The van der Waals surface area contributed by atoms with Gasteiger partial charge >= 0.3 is 0 Å². The monoisotopic (exact) mass is 283 g/mol. The molecule has 1 heterocycles. The summed E-state index contributed by atoms with van der Waals surface area (Å²) in [6.07, 6.45) is 3.47. The van der Waals surface area contributed by atoms with E-state index in [1.807, 2.05) is 12.1 Å². The number of hydrogen-bond acceptors (Lipinski definition) is 3. The third-order valence-corrected chi connectivity index (χ3v) is 3.70. The number of aromatic nitrogens is 1. The highest BCUT2D eigenvalue weighted by molar-refractivity contribution is 6.31. The fraction of sp³-hybridized carbons (Fsp3) is 0.667. The Hall–Kier alpha value is -0.800. The van der Waals surface area contributed by atoms with E-state index >= 15 is 0 Å². The van der Waals surface area contributed by atoms with E-state index in [1.54, 1.807) is 0 Å². The van der Waals surface area contributed by atoms with Crippen LogP contribution < -0.4 is 10.2 Å². The highest BCUT2D eigenvalue weighted by Crippen LogP contribution is 2.21. The largest absolute Gasteiger partial charge is 0.357 e. The standard InChI is InChI=1S/C15H26ClN3/c1-5-7-12(3)19(4)15-9-8-13(16)14(18-15)11-17-10-6-2/h8-9,12,17H,5-7,10-11H2,1-4H3. The molecule has 1 atom stereocenters. The van der Waals surface area contributed by atoms with Crippen molar-refractivity contribution in [3.05, 3.63) is 22.8 Å². The lowest BCUT2D eigenvalue weighted by molar-refractivity contribution is 0.608. The van der Waals surface area contributed by atoms with Gasteiger partial charge in [-0.25, -0.2) is 4.98 Å². The van der Waals surface area contributed by atoms with E-state index in [0.717, 1.165) is 36.0 Å². The zero-order chi connectivity index (χ0) is 14.3. The van der Waals surface area contributed by atoms with E-state index in [9.17, 15) is 0 Å². The maximum Gasteiger partial charge on any atom is 0.128 e. The molecule has 108 valence electrons. The maximum absolute atomic E-state index is 6.20. The number of nitrogens with one attached hydrogen (secondary N) is 1. The predicted molar refractivity (Wildman–Crippen MR) is 84.0 cm³/mol. The van der Waals surface area contributed by atoms with Crippen LogP contribution >= 0.6 is 11.6 Å². The Morgan fingerprint density at radius 2 is 2.05 bits per heavy atom. The molecule has 4 heteroatoms. The predicted octanol–water partition coefficient (Wildman–Crippen LogP) is 3.86. The van der Waals surface area contributed by atoms with Crippen molar-refractivity contribution in [2.24, 2.45) is 0 Å². The average molecular weight is 284 g/mol. The molecule has 0 aliphatic rings. The summed E-state index contributed by atoms with van der Waals surface area (Å²) in [7, 11) is 2.10. The zero-order valence-corrected chi connectivity index (χ0v) is 13.3. The Kier molecular flexibility index (Phi) is 7.17. The van der Waals surface area contributed by atoms with Crippen LogP contribution in [-0.4, -0.2) is 24.6 Å². The Morgan fingerprint density at radius 1 is 1.32 bits per heavy atom. The van der Waals surface area contributed by atoms with Crippen molar-refractivity contribution in [2.75, 3.05) is 18.5 Å². The second kappa shape index (κ2) is 8.39. The molecule has 0 amide bonds. The summed E-state index contributed by atoms with van der Waals surface area (Å²) >= 11 is 6.20. The first-order valence-corrected chi connectivity index (χ1v) is 7.56. The molecule has 1 rings (SSSR count). The van der Waals surface area contributed by atoms with Gasteiger partial charge in [-0.15, -0.1) is 0 Å². The van der Waals surface area contributed by atoms with Crippen LogP contribution in [0.5, 0.6) is 0 Å². The first-order valence-electron chi connectivity index (χ1n) is 7.19. The first-order chi connectivity index (χ1) is 9.10. The van der Waals surface area contributed by atoms with Crippen LogP contribution in [0.1, 0.15) is 45.7 Å². The van der Waals surface area contributed by atoms with Crippen LogP contribution in [-0.2, 0) is 6.54 Å². The summed E-state index contributed by atoms with van der Waals surface area (Å²) in [5.74, 6) is 0.999. The maximum atomic E-state index is 6.20. The summed E-state index contributed by atoms with van der Waals surface area (Å²) in [5.41, 5.74) is 0.933. The summed E-state index contributed by atoms with van der Waals surface area (Å²) in [6, 6.07) is 4.44. The van der Waals surface area contributed by atoms with Gasteiger partial charge in [0.1, 0.15) is 5.82 Å². The molecule has 1 aromatic heterocycles. The Labute approximate surface area is 122 Å². The van der Waals surface area contributed by atoms with E-state index in [4.69, 9.17) is 11.6 Å². The number of hydrogen-bond donors (Lipinski definition) is 1. The SMILES string of the molecule is CCCNCc1nc(N(C)C(C)CCC)ccc1Cl. The first kappa shape index (κ1) is 16.3. The Morgan fingerprint density at radius 3 is 2.68 bits per heavy atom. The highest BCUT2D eigenvalue weighted by Gasteiger charge is 2.12. The summed E-state index contributed by atoms with van der Waals surface area (Å²) in [6.45, 7) is 8.31. The van der Waals surface area contributed by atoms with Gasteiger partial charge in [-0.2, -0.15) is 0 Å². The molecule has 0 saturated carbocycles. The minimum Gasteiger partial charge on any atom is -0.357 e. The van der Waals surface area contributed by atoms with Crippen molar-refractivity contribution in [1.29, 1.82) is 0 Å². The van der Waals surface area contributed by atoms with Gasteiger partial charge < -0.3 is 10.2 Å². The molecule has 19 heavy (non-hydrogen) atoms. The second-order valence-corrected chi connectivity index (χ2v) is 5.43. The number of rotatable bonds is 8. The molecule has 0 spiro atoms. The lowest BCUT2D eigenvalue weighted by atomic mass is 10.2. The van der Waals surface area contributed by atoms with Crippen LogP contribution in [0.15, 0.2) is 12.1 Å². The van der Waals surface area contributed by atoms with Crippen LogP contribution in [0.4, 0.5) is 5.82 Å². The number of nitrogens with zero attached hydrogens (tertiary/aromatic N) is 2. The quantitative estimate of drug-likeness (QED) is 0.734. The van der Waals surface area contributed by atoms with Gasteiger partial charge in [-0.3, -0.25) is 0 Å². The second-order valence-electron chi connectivity index (χ2n) is 5.02. The fourth-order valence-corrected chi connectivity index (χ4v) is 2.19. The third kappa shape index (κ3) is 5.00. The van der Waals surface area contributed by atoms with Gasteiger partial charge in [0.05, 0.1) is 10.7 Å². The van der Waals surface area contributed by atoms with Gasteiger partial charge in [0.15, 0.2) is 0 Å². The lowest BCUT2D eigenvalue weighted by Crippen LogP contribution is -2.29. The minimum atomic E-state index is 0.495. The van der Waals surface area contributed by atoms with Crippen molar-refractivity contribution in [3.8, 4) is 0 Å². The van der Waals surface area contributed by atoms with Crippen LogP contribution in [0.25, 0.3) is 0 Å². The van der Waals surface area contributed by atoms with Crippen molar-refractivity contribution in [1.82, 2.24) is 10.3 Å². The van der Waals surface area contributed by atoms with Crippen molar-refractivity contribution in [3.63, 3.8) is 0 Å². The molecule has 0 radical (unpaired) electrons. The van der Waals surface area contributed by atoms with Gasteiger partial charge in [0, 0.05) is 19.6 Å². The average Bonchev–Trinajstić information content (AvgIpc) is 2.40. The molecule has 0 fully saturated rings. The topological polar surface area (TPSA) is 28.2 Å². The Balaban J connectivity index is 2.76. The van der Waals surface area contributed by atoms with Crippen molar-refractivity contribution < 1.29 is 0 Å². The Bertz CT molecular complexity index is 382. The number of anilines is 1.